The number of benzene rings is 1. The van der Waals surface area contributed by atoms with Crippen molar-refractivity contribution in [3.63, 3.8) is 0 Å². The van der Waals surface area contributed by atoms with E-state index < -0.39 is 0 Å². The molecule has 1 aromatic carbocycles. The summed E-state index contributed by atoms with van der Waals surface area (Å²) >= 11 is 0. The number of H-pyrrole nitrogens is 1. The number of aromatic nitrogens is 2. The molecule has 1 saturated carbocycles. The highest BCUT2D eigenvalue weighted by atomic mass is 16.1. The summed E-state index contributed by atoms with van der Waals surface area (Å²) in [4.78, 5) is 11.6. The average Bonchev–Trinajstić information content (AvgIpc) is 2.96. The maximum Gasteiger partial charge on any atom is 0.243 e. The fourth-order valence-corrected chi connectivity index (χ4v) is 3.46. The second-order valence-electron chi connectivity index (χ2n) is 5.93. The minimum atomic E-state index is -0.0727. The Kier molecular flexibility index (Phi) is 3.78. The van der Waals surface area contributed by atoms with Crippen LogP contribution < -0.4 is 5.32 Å². The first-order valence-electron chi connectivity index (χ1n) is 7.55. The molecule has 1 fully saturated rings. The molecule has 3 rings (SSSR count). The minimum absolute atomic E-state index is 0.0727. The van der Waals surface area contributed by atoms with Crippen LogP contribution >= 0.6 is 0 Å². The summed E-state index contributed by atoms with van der Waals surface area (Å²) in [6.45, 7) is 5.76. The molecule has 0 radical (unpaired) electrons. The molecule has 1 amide bonds. The molecule has 1 aromatic heterocycles. The summed E-state index contributed by atoms with van der Waals surface area (Å²) in [7, 11) is 0. The molecule has 2 aromatic rings. The molecule has 0 saturated heterocycles. The van der Waals surface area contributed by atoms with Gasteiger partial charge in [-0.2, -0.15) is 5.10 Å². The van der Waals surface area contributed by atoms with E-state index in [0.717, 1.165) is 23.7 Å². The van der Waals surface area contributed by atoms with Crippen molar-refractivity contribution in [1.29, 1.82) is 0 Å². The Morgan fingerprint density at radius 1 is 1.48 bits per heavy atom. The summed E-state index contributed by atoms with van der Waals surface area (Å²) in [6, 6.07) is 6.73. The number of carbonyl (C=O) groups excluding carboxylic acids is 1. The van der Waals surface area contributed by atoms with Crippen LogP contribution in [-0.2, 0) is 4.79 Å². The predicted octanol–water partition coefficient (Wildman–Crippen LogP) is 3.14. The lowest BCUT2D eigenvalue weighted by Crippen LogP contribution is -2.43. The first-order valence-corrected chi connectivity index (χ1v) is 7.55. The van der Waals surface area contributed by atoms with E-state index >= 15 is 0 Å². The van der Waals surface area contributed by atoms with Gasteiger partial charge in [-0.15, -0.1) is 0 Å². The van der Waals surface area contributed by atoms with Gasteiger partial charge in [0.1, 0.15) is 0 Å². The monoisotopic (exact) mass is 283 g/mol. The quantitative estimate of drug-likeness (QED) is 0.850. The number of carbonyl (C=O) groups is 1. The zero-order valence-corrected chi connectivity index (χ0v) is 12.3. The second-order valence-corrected chi connectivity index (χ2v) is 5.93. The molecule has 1 heterocycles. The lowest BCUT2D eigenvalue weighted by Gasteiger charge is -2.36. The predicted molar refractivity (Wildman–Crippen MR) is 84.0 cm³/mol. The van der Waals surface area contributed by atoms with Crippen LogP contribution in [0.1, 0.15) is 37.7 Å². The summed E-state index contributed by atoms with van der Waals surface area (Å²) in [5.41, 5.74) is 2.41. The van der Waals surface area contributed by atoms with Gasteiger partial charge in [-0.1, -0.05) is 32.1 Å². The van der Waals surface area contributed by atoms with Crippen molar-refractivity contribution in [3.8, 4) is 0 Å². The normalized spacial score (nSPS) is 25.7. The number of aromatic amines is 1. The zero-order valence-electron chi connectivity index (χ0n) is 12.3. The van der Waals surface area contributed by atoms with E-state index in [4.69, 9.17) is 0 Å². The van der Waals surface area contributed by atoms with Crippen LogP contribution in [0.15, 0.2) is 37.1 Å². The second kappa shape index (κ2) is 5.72. The summed E-state index contributed by atoms with van der Waals surface area (Å²) in [6.07, 6.45) is 6.55. The highest BCUT2D eigenvalue weighted by molar-refractivity contribution is 5.87. The van der Waals surface area contributed by atoms with Crippen LogP contribution in [0.5, 0.6) is 0 Å². The van der Waals surface area contributed by atoms with Crippen molar-refractivity contribution in [2.24, 2.45) is 5.92 Å². The van der Waals surface area contributed by atoms with Gasteiger partial charge in [0.15, 0.2) is 0 Å². The van der Waals surface area contributed by atoms with Crippen LogP contribution in [0.2, 0.25) is 0 Å². The Morgan fingerprint density at radius 3 is 3.14 bits per heavy atom. The molecular formula is C17H21N3O. The van der Waals surface area contributed by atoms with Gasteiger partial charge >= 0.3 is 0 Å². The molecular weight excluding hydrogens is 262 g/mol. The maximum atomic E-state index is 11.6. The van der Waals surface area contributed by atoms with E-state index in [-0.39, 0.29) is 11.9 Å². The number of hydrogen-bond acceptors (Lipinski definition) is 2. The van der Waals surface area contributed by atoms with Gasteiger partial charge in [-0.3, -0.25) is 9.89 Å². The first-order chi connectivity index (χ1) is 10.2. The Morgan fingerprint density at radius 2 is 2.33 bits per heavy atom. The van der Waals surface area contributed by atoms with Crippen molar-refractivity contribution < 1.29 is 4.79 Å². The SMILES string of the molecule is C=CC(=O)N[C@@H]1CCCC(c2ccc3cn[nH]c3c2)[C@H]1C. The van der Waals surface area contributed by atoms with Crippen molar-refractivity contribution in [2.45, 2.75) is 38.1 Å². The van der Waals surface area contributed by atoms with Gasteiger partial charge in [0.2, 0.25) is 5.91 Å². The smallest absolute Gasteiger partial charge is 0.243 e. The Balaban J connectivity index is 1.83. The highest BCUT2D eigenvalue weighted by Gasteiger charge is 2.31. The van der Waals surface area contributed by atoms with E-state index in [9.17, 15) is 4.79 Å². The molecule has 3 atom stereocenters. The highest BCUT2D eigenvalue weighted by Crippen LogP contribution is 2.38. The lowest BCUT2D eigenvalue weighted by molar-refractivity contribution is -0.117. The van der Waals surface area contributed by atoms with Crippen LogP contribution in [-0.4, -0.2) is 22.1 Å². The molecule has 1 aliphatic rings. The molecule has 1 aliphatic carbocycles. The molecule has 4 heteroatoms. The average molecular weight is 283 g/mol. The number of fused-ring (bicyclic) bond motifs is 1. The van der Waals surface area contributed by atoms with E-state index in [0.29, 0.717) is 11.8 Å². The third kappa shape index (κ3) is 2.71. The van der Waals surface area contributed by atoms with Gasteiger partial charge in [-0.05, 0) is 42.4 Å². The van der Waals surface area contributed by atoms with E-state index in [1.165, 1.54) is 18.1 Å². The van der Waals surface area contributed by atoms with Crippen LogP contribution in [0, 0.1) is 5.92 Å². The third-order valence-electron chi connectivity index (χ3n) is 4.71. The number of rotatable bonds is 3. The Labute approximate surface area is 124 Å². The standard InChI is InChI=1S/C17H21N3O/c1-3-17(21)19-15-6-4-5-14(11(15)2)12-7-8-13-10-18-20-16(13)9-12/h3,7-11,14-15H,1,4-6H2,2H3,(H,18,20)(H,19,21)/t11-,14?,15-/m1/s1. The topological polar surface area (TPSA) is 57.8 Å². The van der Waals surface area contributed by atoms with Gasteiger partial charge in [0, 0.05) is 11.4 Å². The van der Waals surface area contributed by atoms with Gasteiger partial charge in [-0.25, -0.2) is 0 Å². The van der Waals surface area contributed by atoms with E-state index in [2.05, 4.69) is 47.2 Å². The van der Waals surface area contributed by atoms with Crippen LogP contribution in [0.25, 0.3) is 10.9 Å². The molecule has 0 spiro atoms. The fourth-order valence-electron chi connectivity index (χ4n) is 3.46. The molecule has 21 heavy (non-hydrogen) atoms. The molecule has 4 nitrogen and oxygen atoms in total. The number of nitrogens with zero attached hydrogens (tertiary/aromatic N) is 1. The summed E-state index contributed by atoms with van der Waals surface area (Å²) < 4.78 is 0. The van der Waals surface area contributed by atoms with Gasteiger partial charge in [0.05, 0.1) is 11.7 Å². The van der Waals surface area contributed by atoms with Crippen LogP contribution in [0.3, 0.4) is 0 Å². The fraction of sp³-hybridized carbons (Fsp3) is 0.412. The first kappa shape index (κ1) is 13.9. The molecule has 0 bridgehead atoms. The lowest BCUT2D eigenvalue weighted by atomic mass is 9.73. The maximum absolute atomic E-state index is 11.6. The van der Waals surface area contributed by atoms with Crippen molar-refractivity contribution in [1.82, 2.24) is 15.5 Å². The van der Waals surface area contributed by atoms with Crippen LogP contribution in [0.4, 0.5) is 0 Å². The molecule has 110 valence electrons. The molecule has 2 N–H and O–H groups in total. The summed E-state index contributed by atoms with van der Waals surface area (Å²) in [5.74, 6) is 0.820. The zero-order chi connectivity index (χ0) is 14.8. The molecule has 0 aliphatic heterocycles. The minimum Gasteiger partial charge on any atom is -0.350 e. The van der Waals surface area contributed by atoms with E-state index in [1.807, 2.05) is 6.20 Å². The number of nitrogens with one attached hydrogen (secondary N) is 2. The van der Waals surface area contributed by atoms with Gasteiger partial charge in [0.25, 0.3) is 0 Å². The van der Waals surface area contributed by atoms with Gasteiger partial charge < -0.3 is 5.32 Å². The van der Waals surface area contributed by atoms with Crippen molar-refractivity contribution in [3.05, 3.63) is 42.6 Å². The van der Waals surface area contributed by atoms with Crippen molar-refractivity contribution >= 4 is 16.8 Å². The third-order valence-corrected chi connectivity index (χ3v) is 4.71. The Hall–Kier alpha value is -2.10. The molecule has 1 unspecified atom stereocenters. The Bertz CT molecular complexity index is 661. The van der Waals surface area contributed by atoms with Crippen molar-refractivity contribution in [2.75, 3.05) is 0 Å². The number of amides is 1. The summed E-state index contributed by atoms with van der Waals surface area (Å²) in [5, 5.41) is 11.3. The number of hydrogen-bond donors (Lipinski definition) is 2. The largest absolute Gasteiger partial charge is 0.350 e. The van der Waals surface area contributed by atoms with E-state index in [1.54, 1.807) is 0 Å².